The van der Waals surface area contributed by atoms with Crippen LogP contribution in [0.4, 0.5) is 35.4 Å². The number of carbonyl (C=O) groups is 2. The molecule has 0 aromatic carbocycles. The van der Waals surface area contributed by atoms with Gasteiger partial charge in [0.1, 0.15) is 30.7 Å². The summed E-state index contributed by atoms with van der Waals surface area (Å²) in [6.07, 6.45) is 8.85. The molecule has 7 aromatic heterocycles. The van der Waals surface area contributed by atoms with E-state index in [2.05, 4.69) is 72.4 Å². The van der Waals surface area contributed by atoms with Gasteiger partial charge in [0.05, 0.1) is 36.7 Å². The Labute approximate surface area is 470 Å². The number of likely N-dealkylation sites (N-methyl/N-ethyl adjacent to an activating group) is 2. The van der Waals surface area contributed by atoms with Crippen LogP contribution < -0.4 is 42.5 Å². The zero-order valence-corrected chi connectivity index (χ0v) is 46.0. The van der Waals surface area contributed by atoms with Crippen molar-refractivity contribution in [1.82, 2.24) is 83.7 Å². The third-order valence-corrected chi connectivity index (χ3v) is 15.3. The Bertz CT molecular complexity index is 3110. The van der Waals surface area contributed by atoms with Crippen LogP contribution >= 0.6 is 0 Å². The summed E-state index contributed by atoms with van der Waals surface area (Å²) < 4.78 is 18.7. The van der Waals surface area contributed by atoms with Gasteiger partial charge >= 0.3 is 0 Å². The van der Waals surface area contributed by atoms with Crippen LogP contribution in [0.25, 0.3) is 22.3 Å². The quantitative estimate of drug-likeness (QED) is 0.0428. The molecule has 0 spiro atoms. The van der Waals surface area contributed by atoms with Crippen molar-refractivity contribution in [3.05, 3.63) is 55.4 Å². The molecule has 2 aliphatic carbocycles. The van der Waals surface area contributed by atoms with Gasteiger partial charge in [-0.15, -0.1) is 0 Å². The molecule has 82 heavy (non-hydrogen) atoms. The largest absolute Gasteiger partial charge is 0.387 e. The van der Waals surface area contributed by atoms with Crippen LogP contribution in [0, 0.1) is 0 Å². The summed E-state index contributed by atoms with van der Waals surface area (Å²) in [6.45, 7) is 5.17. The first-order valence-electron chi connectivity index (χ1n) is 28.0. The minimum Gasteiger partial charge on any atom is -0.387 e. The molecule has 8 atom stereocenters. The number of aryl methyl sites for hydroxylation is 2. The van der Waals surface area contributed by atoms with Gasteiger partial charge in [0.2, 0.25) is 23.8 Å². The van der Waals surface area contributed by atoms with E-state index in [9.17, 15) is 30.0 Å². The number of carbonyl (C=O) groups excluding carboxylic acids is 2. The van der Waals surface area contributed by atoms with Crippen molar-refractivity contribution in [3.63, 3.8) is 0 Å². The highest BCUT2D eigenvalue weighted by molar-refractivity contribution is 5.86. The number of hydrogen-bond acceptors (Lipinski definition) is 25. The lowest BCUT2D eigenvalue weighted by Gasteiger charge is -2.31. The summed E-state index contributed by atoms with van der Waals surface area (Å²) in [5, 5.41) is 70.1. The molecule has 4 fully saturated rings. The molecule has 2 amide bonds. The summed E-state index contributed by atoms with van der Waals surface area (Å²) in [4.78, 5) is 76.5. The van der Waals surface area contributed by atoms with Crippen molar-refractivity contribution in [2.45, 2.75) is 151 Å². The number of hydrogen-bond donors (Lipinski definition) is 12. The number of amides is 2. The van der Waals surface area contributed by atoms with E-state index >= 15 is 0 Å². The molecule has 31 nitrogen and oxygen atoms in total. The molecule has 4 aliphatic rings. The van der Waals surface area contributed by atoms with E-state index in [1.165, 1.54) is 28.1 Å². The van der Waals surface area contributed by atoms with Gasteiger partial charge in [-0.05, 0) is 65.2 Å². The molecule has 9 heterocycles. The SMILES string of the molecule is CCNC(=O)[C@H]1O[C@@H](n2cnc3c(NC4CCC(Nc5ncnc(NC6CCC(Nc7nc(NCCc8cn(C)cn8)nc8c7ncn8[C@@H]7O[C@H](C(=O)NCC)[C@@H](O)[C@H]7O)CC6)n5)CC4)nc(NCCc4cn(C)cn4)nc32)[C@H](O)[C@@H]1O. The van der Waals surface area contributed by atoms with Crippen LogP contribution in [0.5, 0.6) is 0 Å². The second-order valence-electron chi connectivity index (χ2n) is 21.3. The smallest absolute Gasteiger partial charge is 0.252 e. The molecule has 0 unspecified atom stereocenters. The number of aromatic nitrogens is 15. The number of rotatable bonds is 22. The van der Waals surface area contributed by atoms with Gasteiger partial charge in [-0.1, -0.05) is 0 Å². The van der Waals surface area contributed by atoms with Gasteiger partial charge in [-0.3, -0.25) is 18.7 Å². The van der Waals surface area contributed by atoms with Crippen molar-refractivity contribution < 1.29 is 39.5 Å². The first kappa shape index (κ1) is 55.9. The molecule has 2 aliphatic heterocycles. The highest BCUT2D eigenvalue weighted by Gasteiger charge is 2.49. The fourth-order valence-electron chi connectivity index (χ4n) is 11.1. The molecule has 0 bridgehead atoms. The molecule has 0 radical (unpaired) electrons. The molecule has 2 saturated carbocycles. The van der Waals surface area contributed by atoms with Crippen molar-refractivity contribution in [2.75, 3.05) is 58.1 Å². The minimum atomic E-state index is -1.46. The fraction of sp³-hybridized carbons (Fsp3) is 0.588. The Morgan fingerprint density at radius 2 is 0.915 bits per heavy atom. The monoisotopic (exact) mass is 1130 g/mol. The lowest BCUT2D eigenvalue weighted by Crippen LogP contribution is -2.42. The Morgan fingerprint density at radius 1 is 0.512 bits per heavy atom. The minimum absolute atomic E-state index is 0.0315. The normalized spacial score (nSPS) is 26.4. The van der Waals surface area contributed by atoms with Crippen LogP contribution in [0.3, 0.4) is 0 Å². The maximum absolute atomic E-state index is 12.7. The number of imidazole rings is 4. The average molecular weight is 1130 g/mol. The van der Waals surface area contributed by atoms with E-state index < -0.39 is 60.9 Å². The number of nitrogens with zero attached hydrogens (tertiary/aromatic N) is 15. The maximum Gasteiger partial charge on any atom is 0.252 e. The standard InChI is InChI=1S/C51H71N23O8/c1-5-52-44(79)38-34(75)36(77)46(81-38)73-24-60-32-40(66-48(68-42(32)73)54-17-15-30-19-71(3)22-58-30)62-26-7-11-28(12-8-26)64-50-56-21-57-51(70-50)65-29-13-9-27(10-14-29)63-41-33-43(69-49(67-41)55-18-16-31-20-72(4)23-59-31)74(25-61-33)47-37(78)35(76)39(82-47)45(80)53-6-2/h19-29,34-39,46-47,75-78H,5-18H2,1-4H3,(H,52,79)(H,53,80)(H2,54,62,66,68)(H2,55,63,67,69)(H2,56,57,64,65,70)/t26?,27?,28?,29?,34-,35-,36+,37+,38-,39-,46+,47+/m0/s1. The summed E-state index contributed by atoms with van der Waals surface area (Å²) in [6, 6.07) is 0.251. The van der Waals surface area contributed by atoms with Crippen molar-refractivity contribution in [2.24, 2.45) is 14.1 Å². The number of aliphatic hydroxyl groups is 4. The Balaban J connectivity index is 0.703. The molecule has 11 rings (SSSR count). The molecule has 12 N–H and O–H groups in total. The Hall–Kier alpha value is -7.97. The Kier molecular flexibility index (Phi) is 16.8. The maximum atomic E-state index is 12.7. The predicted molar refractivity (Wildman–Crippen MR) is 297 cm³/mol. The Morgan fingerprint density at radius 3 is 1.29 bits per heavy atom. The molecule has 438 valence electrons. The summed E-state index contributed by atoms with van der Waals surface area (Å²) in [5.74, 6) is 1.53. The number of nitrogens with one attached hydrogen (secondary N) is 8. The zero-order valence-electron chi connectivity index (χ0n) is 46.0. The van der Waals surface area contributed by atoms with Gasteiger partial charge in [0.15, 0.2) is 58.6 Å². The summed E-state index contributed by atoms with van der Waals surface area (Å²) >= 11 is 0. The highest BCUT2D eigenvalue weighted by Crippen LogP contribution is 2.36. The zero-order chi connectivity index (χ0) is 57.0. The van der Waals surface area contributed by atoms with E-state index in [-0.39, 0.29) is 24.2 Å². The lowest BCUT2D eigenvalue weighted by molar-refractivity contribution is -0.138. The predicted octanol–water partition coefficient (Wildman–Crippen LogP) is 0.108. The summed E-state index contributed by atoms with van der Waals surface area (Å²) in [5.41, 5.74) is 3.39. The van der Waals surface area contributed by atoms with E-state index in [1.54, 1.807) is 26.5 Å². The first-order chi connectivity index (χ1) is 39.8. The number of fused-ring (bicyclic) bond motifs is 2. The van der Waals surface area contributed by atoms with E-state index in [1.807, 2.05) is 35.6 Å². The van der Waals surface area contributed by atoms with Crippen molar-refractivity contribution in [3.8, 4) is 0 Å². The molecule has 31 heteroatoms. The van der Waals surface area contributed by atoms with E-state index in [0.717, 1.165) is 62.8 Å². The fourth-order valence-corrected chi connectivity index (χ4v) is 11.1. The van der Waals surface area contributed by atoms with Crippen molar-refractivity contribution in [1.29, 1.82) is 0 Å². The van der Waals surface area contributed by atoms with Crippen molar-refractivity contribution >= 4 is 69.6 Å². The van der Waals surface area contributed by atoms with Crippen LogP contribution in [-0.2, 0) is 46.0 Å². The number of aliphatic hydroxyl groups excluding tert-OH is 4. The number of anilines is 6. The van der Waals surface area contributed by atoms with Gasteiger partial charge in [-0.2, -0.15) is 24.9 Å². The molecular weight excluding hydrogens is 1060 g/mol. The van der Waals surface area contributed by atoms with Gasteiger partial charge in [0, 0.05) is 89.7 Å². The first-order valence-corrected chi connectivity index (χ1v) is 28.0. The van der Waals surface area contributed by atoms with Crippen LogP contribution in [0.1, 0.15) is 89.1 Å². The third-order valence-electron chi connectivity index (χ3n) is 15.3. The van der Waals surface area contributed by atoms with E-state index in [4.69, 9.17) is 34.4 Å². The lowest BCUT2D eigenvalue weighted by atomic mass is 9.91. The van der Waals surface area contributed by atoms with Gasteiger partial charge < -0.3 is 81.6 Å². The van der Waals surface area contributed by atoms with Crippen LogP contribution in [0.15, 0.2) is 44.0 Å². The molecule has 2 saturated heterocycles. The second kappa shape index (κ2) is 24.6. The van der Waals surface area contributed by atoms with Crippen LogP contribution in [0.2, 0.25) is 0 Å². The average Bonchev–Trinajstić information content (AvgIpc) is 4.49. The third kappa shape index (κ3) is 12.3. The van der Waals surface area contributed by atoms with Gasteiger partial charge in [-0.25, -0.2) is 29.9 Å². The van der Waals surface area contributed by atoms with Gasteiger partial charge in [0.25, 0.3) is 11.8 Å². The molecular formula is C51H71N23O8. The molecule has 7 aromatic rings. The topological polar surface area (TPSA) is 391 Å². The summed E-state index contributed by atoms with van der Waals surface area (Å²) in [7, 11) is 3.83. The number of ether oxygens (including phenoxy) is 2. The second-order valence-corrected chi connectivity index (χ2v) is 21.3. The van der Waals surface area contributed by atoms with E-state index in [0.29, 0.717) is 96.8 Å². The highest BCUT2D eigenvalue weighted by atomic mass is 16.6. The van der Waals surface area contributed by atoms with Crippen LogP contribution in [-0.4, -0.2) is 192 Å².